The Bertz CT molecular complexity index is 268. The van der Waals surface area contributed by atoms with E-state index in [9.17, 15) is 0 Å². The monoisotopic (exact) mass is 151 g/mol. The van der Waals surface area contributed by atoms with Crippen molar-refractivity contribution in [1.29, 1.82) is 0 Å². The smallest absolute Gasteiger partial charge is 0.192 e. The third-order valence-electron chi connectivity index (χ3n) is 1.66. The summed E-state index contributed by atoms with van der Waals surface area (Å²) in [4.78, 5) is 0. The predicted molar refractivity (Wildman–Crippen MR) is 45.1 cm³/mol. The Balaban J connectivity index is 2.52. The lowest BCUT2D eigenvalue weighted by molar-refractivity contribution is -0.525. The molecule has 0 aliphatic carbocycles. The van der Waals surface area contributed by atoms with E-state index in [1.165, 1.54) is 10.3 Å². The third kappa shape index (κ3) is 0.804. The van der Waals surface area contributed by atoms with Crippen LogP contribution in [0.5, 0.6) is 0 Å². The van der Waals surface area contributed by atoms with Gasteiger partial charge < -0.3 is 5.34 Å². The highest BCUT2D eigenvalue weighted by molar-refractivity contribution is 7.21. The third-order valence-corrected chi connectivity index (χ3v) is 2.80. The van der Waals surface area contributed by atoms with Crippen LogP contribution in [0.25, 0.3) is 0 Å². The van der Waals surface area contributed by atoms with E-state index in [2.05, 4.69) is 23.4 Å². The molecule has 0 saturated carbocycles. The normalized spacial score (nSPS) is 17.3. The first-order valence-corrected chi connectivity index (χ1v) is 4.20. The van der Waals surface area contributed by atoms with Crippen molar-refractivity contribution in [1.82, 2.24) is 0 Å². The Hall–Kier alpha value is -0.605. The Labute approximate surface area is 64.1 Å². The van der Waals surface area contributed by atoms with E-state index in [4.69, 9.17) is 0 Å². The number of rotatable bonds is 0. The highest BCUT2D eigenvalue weighted by atomic mass is 32.1. The molecule has 1 aliphatic heterocycles. The van der Waals surface area contributed by atoms with Crippen molar-refractivity contribution >= 4 is 29.2 Å². The van der Waals surface area contributed by atoms with Crippen molar-refractivity contribution in [2.24, 2.45) is 5.10 Å². The molecule has 0 spiro atoms. The molecule has 2 nitrogen and oxygen atoms in total. The minimum Gasteiger partial charge on any atom is -0.420 e. The largest absolute Gasteiger partial charge is 0.420 e. The minimum absolute atomic E-state index is 0.514. The second kappa shape index (κ2) is 2.22. The topological polar surface area (TPSA) is 29.0 Å². The molecule has 0 fully saturated rings. The average Bonchev–Trinajstić information content (AvgIpc) is 2.36. The summed E-state index contributed by atoms with van der Waals surface area (Å²) in [5.74, 6) is 0. The molecule has 10 heavy (non-hydrogen) atoms. The molecule has 2 N–H and O–H groups in total. The molecular formula is C6H8BN2S. The molecule has 2 heterocycles. The SMILES string of the molecule is C[B-]1[NH2+]N=Cc2ccsc21. The van der Waals surface area contributed by atoms with E-state index >= 15 is 0 Å². The van der Waals surface area contributed by atoms with Crippen LogP contribution in [0.1, 0.15) is 5.56 Å². The Kier molecular flexibility index (Phi) is 1.36. The number of fused-ring (bicyclic) bond motifs is 1. The second-order valence-corrected chi connectivity index (χ2v) is 3.40. The molecule has 51 valence electrons. The van der Waals surface area contributed by atoms with E-state index in [-0.39, 0.29) is 0 Å². The van der Waals surface area contributed by atoms with Crippen molar-refractivity contribution in [3.63, 3.8) is 0 Å². The zero-order chi connectivity index (χ0) is 6.97. The second-order valence-electron chi connectivity index (χ2n) is 2.46. The summed E-state index contributed by atoms with van der Waals surface area (Å²) in [7, 11) is 0. The lowest BCUT2D eigenvalue weighted by atomic mass is 9.63. The molecule has 1 aromatic rings. The number of thiophene rings is 1. The first-order chi connectivity index (χ1) is 4.88. The van der Waals surface area contributed by atoms with Crippen LogP contribution in [0.4, 0.5) is 0 Å². The first-order valence-electron chi connectivity index (χ1n) is 3.32. The van der Waals surface area contributed by atoms with Crippen LogP contribution in [-0.2, 0) is 0 Å². The number of hydrogen-bond donors (Lipinski definition) is 1. The highest BCUT2D eigenvalue weighted by Crippen LogP contribution is 2.02. The Morgan fingerprint density at radius 3 is 3.40 bits per heavy atom. The standard InChI is InChI=1S/C6H8BN2S/c1-7-6-5(2-3-10-6)4-8-9-7/h2-4H,9H2,1H3. The molecule has 1 radical (unpaired) electrons. The van der Waals surface area contributed by atoms with Crippen molar-refractivity contribution in [3.05, 3.63) is 17.0 Å². The lowest BCUT2D eigenvalue weighted by Crippen LogP contribution is -2.91. The summed E-state index contributed by atoms with van der Waals surface area (Å²) in [6, 6.07) is 2.12. The van der Waals surface area contributed by atoms with Crippen molar-refractivity contribution in [2.75, 3.05) is 0 Å². The molecule has 1 aromatic heterocycles. The highest BCUT2D eigenvalue weighted by Gasteiger charge is 2.10. The van der Waals surface area contributed by atoms with E-state index in [0.29, 0.717) is 6.85 Å². The quantitative estimate of drug-likeness (QED) is 0.382. The Morgan fingerprint density at radius 2 is 2.60 bits per heavy atom. The van der Waals surface area contributed by atoms with E-state index in [0.717, 1.165) is 0 Å². The zero-order valence-corrected chi connectivity index (χ0v) is 6.56. The van der Waals surface area contributed by atoms with E-state index < -0.39 is 0 Å². The lowest BCUT2D eigenvalue weighted by Gasteiger charge is -2.16. The van der Waals surface area contributed by atoms with Gasteiger partial charge in [0.2, 0.25) is 0 Å². The summed E-state index contributed by atoms with van der Waals surface area (Å²) in [5.41, 5.74) is 1.29. The fraction of sp³-hybridized carbons (Fsp3) is 0.167. The van der Waals surface area contributed by atoms with Gasteiger partial charge in [-0.15, -0.1) is 9.88 Å². The Morgan fingerprint density at radius 1 is 1.70 bits per heavy atom. The maximum atomic E-state index is 4.13. The van der Waals surface area contributed by atoms with Gasteiger partial charge in [-0.1, -0.05) is 0 Å². The van der Waals surface area contributed by atoms with Crippen molar-refractivity contribution in [3.8, 4) is 0 Å². The van der Waals surface area contributed by atoms with E-state index in [1.54, 1.807) is 0 Å². The molecule has 0 bridgehead atoms. The number of quaternary nitrogens is 1. The summed E-state index contributed by atoms with van der Waals surface area (Å²) < 4.78 is 1.44. The van der Waals surface area contributed by atoms with Gasteiger partial charge in [0.1, 0.15) is 0 Å². The number of nitrogens with zero attached hydrogens (tertiary/aromatic N) is 1. The molecule has 4 heteroatoms. The van der Waals surface area contributed by atoms with Gasteiger partial charge in [0.15, 0.2) is 6.85 Å². The maximum Gasteiger partial charge on any atom is 0.192 e. The number of nitrogens with two attached hydrogens (primary N) is 1. The molecule has 0 unspecified atom stereocenters. The van der Waals surface area contributed by atoms with Gasteiger partial charge in [0.05, 0.1) is 6.21 Å². The first kappa shape index (κ1) is 6.13. The predicted octanol–water partition coefficient (Wildman–Crippen LogP) is -0.513. The fourth-order valence-electron chi connectivity index (χ4n) is 1.13. The maximum absolute atomic E-state index is 4.13. The molecule has 0 saturated heterocycles. The van der Waals surface area contributed by atoms with Crippen LogP contribution in [0.3, 0.4) is 0 Å². The van der Waals surface area contributed by atoms with Gasteiger partial charge in [0, 0.05) is 0 Å². The molecule has 2 rings (SSSR count). The van der Waals surface area contributed by atoms with Gasteiger partial charge in [-0.05, 0) is 17.0 Å². The number of hydrogen-bond acceptors (Lipinski definition) is 2. The zero-order valence-electron chi connectivity index (χ0n) is 5.74. The fourth-order valence-corrected chi connectivity index (χ4v) is 2.02. The summed E-state index contributed by atoms with van der Waals surface area (Å²) in [5, 5.41) is 8.23. The van der Waals surface area contributed by atoms with E-state index in [1.807, 2.05) is 22.9 Å². The van der Waals surface area contributed by atoms with Crippen molar-refractivity contribution in [2.45, 2.75) is 6.82 Å². The van der Waals surface area contributed by atoms with Crippen LogP contribution in [0, 0.1) is 0 Å². The molecule has 1 aliphatic rings. The summed E-state index contributed by atoms with van der Waals surface area (Å²) >= 11 is 1.81. The summed E-state index contributed by atoms with van der Waals surface area (Å²) in [6.45, 7) is 2.69. The van der Waals surface area contributed by atoms with Crippen LogP contribution in [-0.4, -0.2) is 13.1 Å². The molecule has 0 amide bonds. The molecule has 0 atom stereocenters. The molecule has 0 aromatic carbocycles. The van der Waals surface area contributed by atoms with Crippen LogP contribution in [0.15, 0.2) is 16.5 Å². The van der Waals surface area contributed by atoms with Gasteiger partial charge in [-0.2, -0.15) is 18.2 Å². The van der Waals surface area contributed by atoms with Gasteiger partial charge >= 0.3 is 0 Å². The average molecular weight is 151 g/mol. The van der Waals surface area contributed by atoms with Gasteiger partial charge in [0.25, 0.3) is 0 Å². The van der Waals surface area contributed by atoms with Crippen molar-refractivity contribution < 1.29 is 5.34 Å². The minimum atomic E-state index is 0.514. The van der Waals surface area contributed by atoms with Crippen LogP contribution < -0.4 is 10.1 Å². The molecular weight excluding hydrogens is 143 g/mol. The summed E-state index contributed by atoms with van der Waals surface area (Å²) in [6.07, 6.45) is 1.92. The van der Waals surface area contributed by atoms with Crippen LogP contribution >= 0.6 is 11.3 Å². The van der Waals surface area contributed by atoms with Gasteiger partial charge in [-0.25, -0.2) is 0 Å². The van der Waals surface area contributed by atoms with Crippen LogP contribution in [0.2, 0.25) is 6.82 Å². The van der Waals surface area contributed by atoms with Gasteiger partial charge in [-0.3, -0.25) is 0 Å².